The van der Waals surface area contributed by atoms with E-state index in [9.17, 15) is 9.59 Å². The topological polar surface area (TPSA) is 66.4 Å². The first-order valence-corrected chi connectivity index (χ1v) is 6.73. The predicted octanol–water partition coefficient (Wildman–Crippen LogP) is 1.93. The molecule has 1 aromatic carbocycles. The van der Waals surface area contributed by atoms with Crippen LogP contribution in [-0.2, 0) is 16.0 Å². The Balaban J connectivity index is 2.66. The molecule has 5 heteroatoms. The number of thioether (sulfide) groups is 1. The molecular weight excluding hydrogens is 250 g/mol. The van der Waals surface area contributed by atoms with Gasteiger partial charge in [0.2, 0.25) is 5.91 Å². The van der Waals surface area contributed by atoms with Crippen LogP contribution in [0.2, 0.25) is 0 Å². The smallest absolute Gasteiger partial charge is 0.327 e. The van der Waals surface area contributed by atoms with Gasteiger partial charge in [0.05, 0.1) is 0 Å². The molecule has 0 fully saturated rings. The number of carbonyl (C=O) groups is 2. The van der Waals surface area contributed by atoms with Crippen molar-refractivity contribution in [2.75, 3.05) is 5.75 Å². The first-order chi connectivity index (χ1) is 8.54. The average Bonchev–Trinajstić information content (AvgIpc) is 2.34. The van der Waals surface area contributed by atoms with Gasteiger partial charge in [-0.2, -0.15) is 0 Å². The predicted molar refractivity (Wildman–Crippen MR) is 71.8 cm³/mol. The van der Waals surface area contributed by atoms with Gasteiger partial charge >= 0.3 is 5.97 Å². The molecule has 0 aromatic heterocycles. The van der Waals surface area contributed by atoms with Gasteiger partial charge in [-0.25, -0.2) is 4.79 Å². The van der Waals surface area contributed by atoms with Crippen molar-refractivity contribution in [3.63, 3.8) is 0 Å². The fourth-order valence-electron chi connectivity index (χ4n) is 1.53. The molecule has 4 nitrogen and oxygen atoms in total. The highest BCUT2D eigenvalue weighted by Crippen LogP contribution is 2.23. The number of carboxylic acid groups (broad SMARTS) is 1. The second-order valence-electron chi connectivity index (χ2n) is 3.86. The van der Waals surface area contributed by atoms with Crippen LogP contribution in [0.3, 0.4) is 0 Å². The average molecular weight is 267 g/mol. The van der Waals surface area contributed by atoms with E-state index in [1.807, 2.05) is 24.3 Å². The molecule has 1 rings (SSSR count). The molecule has 0 heterocycles. The highest BCUT2D eigenvalue weighted by atomic mass is 32.2. The lowest BCUT2D eigenvalue weighted by molar-refractivity contribution is -0.140. The fraction of sp³-hybridized carbons (Fsp3) is 0.385. The van der Waals surface area contributed by atoms with Crippen molar-refractivity contribution in [3.8, 4) is 0 Å². The molecule has 98 valence electrons. The summed E-state index contributed by atoms with van der Waals surface area (Å²) >= 11 is 1.45. The van der Waals surface area contributed by atoms with E-state index in [0.29, 0.717) is 5.75 Å². The molecule has 0 aliphatic carbocycles. The maximum Gasteiger partial charge on any atom is 0.327 e. The van der Waals surface area contributed by atoms with Crippen molar-refractivity contribution < 1.29 is 14.7 Å². The van der Waals surface area contributed by atoms with E-state index in [-0.39, 0.29) is 5.91 Å². The summed E-state index contributed by atoms with van der Waals surface area (Å²) < 4.78 is 0. The van der Waals surface area contributed by atoms with Crippen LogP contribution in [0.5, 0.6) is 0 Å². The van der Waals surface area contributed by atoms with Crippen LogP contribution < -0.4 is 5.32 Å². The Morgan fingerprint density at radius 3 is 2.61 bits per heavy atom. The third-order valence-corrected chi connectivity index (χ3v) is 3.64. The fourth-order valence-corrected chi connectivity index (χ4v) is 2.67. The normalized spacial score (nSPS) is 11.9. The van der Waals surface area contributed by atoms with Crippen LogP contribution in [0.25, 0.3) is 0 Å². The van der Waals surface area contributed by atoms with Crippen LogP contribution in [-0.4, -0.2) is 28.8 Å². The largest absolute Gasteiger partial charge is 0.480 e. The SMILES string of the molecule is CCc1ccccc1SCC(NC(C)=O)C(=O)O. The van der Waals surface area contributed by atoms with E-state index >= 15 is 0 Å². The lowest BCUT2D eigenvalue weighted by Crippen LogP contribution is -2.41. The first-order valence-electron chi connectivity index (χ1n) is 5.75. The van der Waals surface area contributed by atoms with Crippen molar-refractivity contribution in [3.05, 3.63) is 29.8 Å². The van der Waals surface area contributed by atoms with Gasteiger partial charge in [-0.1, -0.05) is 25.1 Å². The zero-order chi connectivity index (χ0) is 13.5. The number of carboxylic acids is 1. The highest BCUT2D eigenvalue weighted by Gasteiger charge is 2.18. The van der Waals surface area contributed by atoms with E-state index in [4.69, 9.17) is 5.11 Å². The van der Waals surface area contributed by atoms with E-state index in [1.54, 1.807) is 0 Å². The van der Waals surface area contributed by atoms with Crippen LogP contribution in [0.1, 0.15) is 19.4 Å². The number of benzene rings is 1. The summed E-state index contributed by atoms with van der Waals surface area (Å²) in [6.45, 7) is 3.38. The zero-order valence-corrected chi connectivity index (χ0v) is 11.3. The molecule has 2 N–H and O–H groups in total. The maximum atomic E-state index is 11.0. The number of hydrogen-bond acceptors (Lipinski definition) is 3. The van der Waals surface area contributed by atoms with Gasteiger partial charge in [0.15, 0.2) is 0 Å². The van der Waals surface area contributed by atoms with Crippen LogP contribution in [0, 0.1) is 0 Å². The van der Waals surface area contributed by atoms with Gasteiger partial charge in [0.1, 0.15) is 6.04 Å². The van der Waals surface area contributed by atoms with E-state index in [2.05, 4.69) is 12.2 Å². The summed E-state index contributed by atoms with van der Waals surface area (Å²) in [5.74, 6) is -1.01. The van der Waals surface area contributed by atoms with Crippen LogP contribution >= 0.6 is 11.8 Å². The minimum Gasteiger partial charge on any atom is -0.480 e. The number of carbonyl (C=O) groups excluding carboxylic acids is 1. The summed E-state index contributed by atoms with van der Waals surface area (Å²) in [6.07, 6.45) is 0.904. The molecule has 18 heavy (non-hydrogen) atoms. The van der Waals surface area contributed by atoms with Crippen molar-refractivity contribution in [2.45, 2.75) is 31.2 Å². The quantitative estimate of drug-likeness (QED) is 0.773. The van der Waals surface area contributed by atoms with Crippen molar-refractivity contribution >= 4 is 23.6 Å². The summed E-state index contributed by atoms with van der Waals surface area (Å²) in [4.78, 5) is 23.0. The number of rotatable bonds is 6. The second kappa shape index (κ2) is 7.06. The second-order valence-corrected chi connectivity index (χ2v) is 4.93. The number of aliphatic carboxylic acids is 1. The van der Waals surface area contributed by atoms with Crippen molar-refractivity contribution in [1.82, 2.24) is 5.32 Å². The molecule has 1 aromatic rings. The van der Waals surface area contributed by atoms with Crippen LogP contribution in [0.4, 0.5) is 0 Å². The third-order valence-electron chi connectivity index (χ3n) is 2.43. The molecule has 0 radical (unpaired) electrons. The highest BCUT2D eigenvalue weighted by molar-refractivity contribution is 7.99. The van der Waals surface area contributed by atoms with Crippen molar-refractivity contribution in [1.29, 1.82) is 0 Å². The molecule has 1 atom stereocenters. The van der Waals surface area contributed by atoms with E-state index < -0.39 is 12.0 Å². The summed E-state index contributed by atoms with van der Waals surface area (Å²) in [5, 5.41) is 11.4. The van der Waals surface area contributed by atoms with Gasteiger partial charge < -0.3 is 10.4 Å². The molecule has 1 amide bonds. The Bertz CT molecular complexity index is 434. The molecule has 0 spiro atoms. The van der Waals surface area contributed by atoms with Crippen molar-refractivity contribution in [2.24, 2.45) is 0 Å². The Labute approximate surface area is 111 Å². The standard InChI is InChI=1S/C13H17NO3S/c1-3-10-6-4-5-7-12(10)18-8-11(13(16)17)14-9(2)15/h4-7,11H,3,8H2,1-2H3,(H,14,15)(H,16,17). The van der Waals surface area contributed by atoms with Gasteiger partial charge in [-0.3, -0.25) is 4.79 Å². The number of aryl methyl sites for hydroxylation is 1. The number of hydrogen-bond donors (Lipinski definition) is 2. The van der Waals surface area contributed by atoms with E-state index in [1.165, 1.54) is 24.2 Å². The summed E-state index contributed by atoms with van der Waals surface area (Å²) in [6, 6.07) is 7.03. The molecule has 0 aliphatic heterocycles. The monoisotopic (exact) mass is 267 g/mol. The molecule has 0 bridgehead atoms. The summed E-state index contributed by atoms with van der Waals surface area (Å²) in [7, 11) is 0. The molecular formula is C13H17NO3S. The van der Waals surface area contributed by atoms with Gasteiger partial charge in [-0.05, 0) is 18.1 Å². The lowest BCUT2D eigenvalue weighted by atomic mass is 10.2. The third kappa shape index (κ3) is 4.41. The van der Waals surface area contributed by atoms with Gasteiger partial charge in [0.25, 0.3) is 0 Å². The minimum absolute atomic E-state index is 0.325. The van der Waals surface area contributed by atoms with E-state index in [0.717, 1.165) is 11.3 Å². The lowest BCUT2D eigenvalue weighted by Gasteiger charge is -2.14. The minimum atomic E-state index is -1.01. The maximum absolute atomic E-state index is 11.0. The summed E-state index contributed by atoms with van der Waals surface area (Å²) in [5.41, 5.74) is 1.19. The molecule has 0 saturated carbocycles. The first kappa shape index (κ1) is 14.6. The zero-order valence-electron chi connectivity index (χ0n) is 10.5. The van der Waals surface area contributed by atoms with Gasteiger partial charge in [-0.15, -0.1) is 11.8 Å². The molecule has 0 saturated heterocycles. The number of amides is 1. The van der Waals surface area contributed by atoms with Gasteiger partial charge in [0, 0.05) is 17.6 Å². The number of nitrogens with one attached hydrogen (secondary N) is 1. The Morgan fingerprint density at radius 1 is 1.39 bits per heavy atom. The Kier molecular flexibility index (Phi) is 5.71. The molecule has 0 aliphatic rings. The van der Waals surface area contributed by atoms with Crippen LogP contribution in [0.15, 0.2) is 29.2 Å². The Hall–Kier alpha value is -1.49. The Morgan fingerprint density at radius 2 is 2.06 bits per heavy atom. The molecule has 1 unspecified atom stereocenters.